The number of aliphatic hydroxyl groups is 2. The molecule has 0 aliphatic heterocycles. The van der Waals surface area contributed by atoms with Crippen molar-refractivity contribution < 1.29 is 14.9 Å². The van der Waals surface area contributed by atoms with Crippen LogP contribution in [-0.4, -0.2) is 21.7 Å². The summed E-state index contributed by atoms with van der Waals surface area (Å²) in [6, 6.07) is 5.32. The minimum Gasteiger partial charge on any atom is -0.346 e. The summed E-state index contributed by atoms with van der Waals surface area (Å²) in [4.78, 5) is 3.90. The van der Waals surface area contributed by atoms with Crippen molar-refractivity contribution >= 4 is 0 Å². The third-order valence-corrected chi connectivity index (χ3v) is 1.11. The fraction of sp³-hybridized carbons (Fsp3) is 0.286. The lowest BCUT2D eigenvalue weighted by Gasteiger charge is -2.03. The van der Waals surface area contributed by atoms with Gasteiger partial charge in [-0.3, -0.25) is 4.98 Å². The highest BCUT2D eigenvalue weighted by Crippen LogP contribution is 1.96. The largest absolute Gasteiger partial charge is 0.346 e. The summed E-state index contributed by atoms with van der Waals surface area (Å²) in [6.45, 7) is -1.62. The van der Waals surface area contributed by atoms with Crippen LogP contribution in [0.4, 0.5) is 0 Å². The van der Waals surface area contributed by atoms with Crippen LogP contribution in [0.5, 0.6) is 0 Å². The Morgan fingerprint density at radius 2 is 2.27 bits per heavy atom. The number of rotatable bonds is 3. The first-order valence-corrected chi connectivity index (χ1v) is 3.16. The normalized spacial score (nSPS) is 10.5. The Morgan fingerprint density at radius 1 is 1.45 bits per heavy atom. The van der Waals surface area contributed by atoms with Crippen LogP contribution in [0.1, 0.15) is 5.69 Å². The van der Waals surface area contributed by atoms with Crippen LogP contribution in [0.3, 0.4) is 0 Å². The van der Waals surface area contributed by atoms with Crippen LogP contribution in [-0.2, 0) is 11.3 Å². The molecule has 11 heavy (non-hydrogen) atoms. The molecule has 0 aliphatic carbocycles. The zero-order chi connectivity index (χ0) is 8.10. The smallest absolute Gasteiger partial charge is 0.266 e. The van der Waals surface area contributed by atoms with Crippen molar-refractivity contribution in [2.24, 2.45) is 0 Å². The topological polar surface area (TPSA) is 62.6 Å². The Morgan fingerprint density at radius 3 is 2.82 bits per heavy atom. The molecule has 4 nitrogen and oxygen atoms in total. The number of hydrogen-bond donors (Lipinski definition) is 2. The predicted octanol–water partition coefficient (Wildman–Crippen LogP) is -0.134. The molecule has 0 aliphatic rings. The van der Waals surface area contributed by atoms with Crippen LogP contribution in [0, 0.1) is 0 Å². The molecule has 0 aromatic carbocycles. The molecular weight excluding hydrogens is 146 g/mol. The number of aromatic nitrogens is 1. The summed E-state index contributed by atoms with van der Waals surface area (Å²) in [6.07, 6.45) is 1.61. The van der Waals surface area contributed by atoms with E-state index < -0.39 is 6.48 Å². The molecule has 0 radical (unpaired) electrons. The summed E-state index contributed by atoms with van der Waals surface area (Å²) in [5.74, 6) is 0. The average Bonchev–Trinajstić information content (AvgIpc) is 2.03. The summed E-state index contributed by atoms with van der Waals surface area (Å²) in [7, 11) is 0. The highest BCUT2D eigenvalue weighted by Gasteiger charge is 1.97. The van der Waals surface area contributed by atoms with Gasteiger partial charge in [0.1, 0.15) is 0 Å². The van der Waals surface area contributed by atoms with E-state index in [2.05, 4.69) is 9.72 Å². The first-order valence-electron chi connectivity index (χ1n) is 3.16. The maximum atomic E-state index is 8.32. The van der Waals surface area contributed by atoms with E-state index in [1.165, 1.54) is 0 Å². The van der Waals surface area contributed by atoms with E-state index in [1.807, 2.05) is 0 Å². The van der Waals surface area contributed by atoms with E-state index in [0.717, 1.165) is 0 Å². The van der Waals surface area contributed by atoms with Gasteiger partial charge in [-0.2, -0.15) is 0 Å². The van der Waals surface area contributed by atoms with Gasteiger partial charge in [0.25, 0.3) is 6.48 Å². The molecule has 4 heteroatoms. The van der Waals surface area contributed by atoms with Crippen LogP contribution in [0.25, 0.3) is 0 Å². The summed E-state index contributed by atoms with van der Waals surface area (Å²) < 4.78 is 4.48. The molecule has 0 bridgehead atoms. The van der Waals surface area contributed by atoms with Crippen LogP contribution in [0.15, 0.2) is 24.4 Å². The van der Waals surface area contributed by atoms with Crippen LogP contribution in [0.2, 0.25) is 0 Å². The predicted molar refractivity (Wildman–Crippen MR) is 37.3 cm³/mol. The Bertz CT molecular complexity index is 200. The van der Waals surface area contributed by atoms with Crippen molar-refractivity contribution in [3.05, 3.63) is 30.1 Å². The van der Waals surface area contributed by atoms with E-state index in [1.54, 1.807) is 24.4 Å². The van der Waals surface area contributed by atoms with Crippen molar-refractivity contribution in [2.75, 3.05) is 0 Å². The zero-order valence-electron chi connectivity index (χ0n) is 5.84. The van der Waals surface area contributed by atoms with E-state index in [0.29, 0.717) is 5.69 Å². The van der Waals surface area contributed by atoms with Gasteiger partial charge in [-0.05, 0) is 12.1 Å². The van der Waals surface area contributed by atoms with Gasteiger partial charge in [0, 0.05) is 6.20 Å². The summed E-state index contributed by atoms with van der Waals surface area (Å²) in [5, 5.41) is 16.6. The van der Waals surface area contributed by atoms with E-state index in [-0.39, 0.29) is 6.61 Å². The molecule has 0 spiro atoms. The summed E-state index contributed by atoms with van der Waals surface area (Å²) >= 11 is 0. The Hall–Kier alpha value is -0.970. The Labute approximate surface area is 64.1 Å². The molecule has 2 N–H and O–H groups in total. The van der Waals surface area contributed by atoms with Gasteiger partial charge < -0.3 is 14.9 Å². The van der Waals surface area contributed by atoms with Crippen LogP contribution < -0.4 is 0 Å². The maximum Gasteiger partial charge on any atom is 0.266 e. The fourth-order valence-electron chi connectivity index (χ4n) is 0.643. The monoisotopic (exact) mass is 155 g/mol. The highest BCUT2D eigenvalue weighted by molar-refractivity contribution is 5.01. The van der Waals surface area contributed by atoms with Crippen molar-refractivity contribution in [2.45, 2.75) is 13.1 Å². The third-order valence-electron chi connectivity index (χ3n) is 1.11. The molecule has 0 saturated heterocycles. The minimum atomic E-state index is -1.72. The van der Waals surface area contributed by atoms with Crippen molar-refractivity contribution in [1.82, 2.24) is 4.98 Å². The lowest BCUT2D eigenvalue weighted by Crippen LogP contribution is -2.10. The molecule has 1 aromatic heterocycles. The molecule has 1 aromatic rings. The van der Waals surface area contributed by atoms with Gasteiger partial charge in [-0.15, -0.1) is 0 Å². The number of hydrogen-bond acceptors (Lipinski definition) is 4. The summed E-state index contributed by atoms with van der Waals surface area (Å²) in [5.41, 5.74) is 0.667. The van der Waals surface area contributed by atoms with Crippen molar-refractivity contribution in [1.29, 1.82) is 0 Å². The molecule has 0 saturated carbocycles. The third kappa shape index (κ3) is 3.08. The van der Waals surface area contributed by atoms with Gasteiger partial charge in [-0.1, -0.05) is 6.07 Å². The van der Waals surface area contributed by atoms with E-state index in [9.17, 15) is 0 Å². The molecule has 0 amide bonds. The Kier molecular flexibility index (Phi) is 2.97. The number of ether oxygens (including phenoxy) is 1. The molecule has 0 unspecified atom stereocenters. The SMILES string of the molecule is OC(O)OCc1ccccn1. The standard InChI is InChI=1S/C7H9NO3/c9-7(10)11-5-6-3-1-2-4-8-6/h1-4,7,9-10H,5H2. The number of aliphatic hydroxyl groups excluding tert-OH is 1. The quantitative estimate of drug-likeness (QED) is 0.597. The van der Waals surface area contributed by atoms with E-state index in [4.69, 9.17) is 10.2 Å². The average molecular weight is 155 g/mol. The molecule has 60 valence electrons. The lowest BCUT2D eigenvalue weighted by atomic mass is 10.4. The van der Waals surface area contributed by atoms with Crippen molar-refractivity contribution in [3.63, 3.8) is 0 Å². The second-order valence-corrected chi connectivity index (χ2v) is 1.96. The molecular formula is C7H9NO3. The minimum absolute atomic E-state index is 0.110. The maximum absolute atomic E-state index is 8.32. The lowest BCUT2D eigenvalue weighted by molar-refractivity contribution is -0.240. The first kappa shape index (κ1) is 8.13. The zero-order valence-corrected chi connectivity index (χ0v) is 5.84. The van der Waals surface area contributed by atoms with Gasteiger partial charge in [0.2, 0.25) is 0 Å². The van der Waals surface area contributed by atoms with Gasteiger partial charge >= 0.3 is 0 Å². The van der Waals surface area contributed by atoms with Gasteiger partial charge in [-0.25, -0.2) is 0 Å². The second-order valence-electron chi connectivity index (χ2n) is 1.96. The Balaban J connectivity index is 2.39. The first-order chi connectivity index (χ1) is 5.29. The second kappa shape index (κ2) is 4.02. The fourth-order valence-corrected chi connectivity index (χ4v) is 0.643. The van der Waals surface area contributed by atoms with Gasteiger partial charge in [0.15, 0.2) is 0 Å². The molecule has 0 fully saturated rings. The number of pyridine rings is 1. The molecule has 0 atom stereocenters. The van der Waals surface area contributed by atoms with E-state index >= 15 is 0 Å². The highest BCUT2D eigenvalue weighted by atomic mass is 16.7. The molecule has 1 heterocycles. The van der Waals surface area contributed by atoms with Crippen molar-refractivity contribution in [3.8, 4) is 0 Å². The van der Waals surface area contributed by atoms with Crippen LogP contribution >= 0.6 is 0 Å². The molecule has 1 rings (SSSR count). The van der Waals surface area contributed by atoms with Gasteiger partial charge in [0.05, 0.1) is 12.3 Å². The number of nitrogens with zero attached hydrogens (tertiary/aromatic N) is 1.